The van der Waals surface area contributed by atoms with Gasteiger partial charge in [0.15, 0.2) is 0 Å². The molecule has 18 heavy (non-hydrogen) atoms. The molecule has 1 saturated heterocycles. The predicted octanol–water partition coefficient (Wildman–Crippen LogP) is 1.23. The second-order valence-electron chi connectivity index (χ2n) is 5.21. The Balaban J connectivity index is 1.67. The summed E-state index contributed by atoms with van der Waals surface area (Å²) in [6.07, 6.45) is 1.78. The third-order valence-electron chi connectivity index (χ3n) is 3.91. The summed E-state index contributed by atoms with van der Waals surface area (Å²) < 4.78 is 0. The number of nitrogens with zero attached hydrogens (tertiary/aromatic N) is 1. The van der Waals surface area contributed by atoms with Crippen LogP contribution in [0.2, 0.25) is 0 Å². The molecule has 1 unspecified atom stereocenters. The number of fused-ring (bicyclic) bond motifs is 1. The summed E-state index contributed by atoms with van der Waals surface area (Å²) in [6, 6.07) is 6.21. The highest BCUT2D eigenvalue weighted by atomic mass is 16.2. The Morgan fingerprint density at radius 3 is 3.17 bits per heavy atom. The van der Waals surface area contributed by atoms with Gasteiger partial charge in [-0.3, -0.25) is 4.79 Å². The number of carbonyl (C=O) groups excluding carboxylic acids is 1. The minimum absolute atomic E-state index is 0.183. The monoisotopic (exact) mass is 245 g/mol. The normalized spacial score (nSPS) is 22.4. The van der Waals surface area contributed by atoms with Crippen molar-refractivity contribution in [3.05, 3.63) is 23.8 Å². The second kappa shape index (κ2) is 4.61. The lowest BCUT2D eigenvalue weighted by atomic mass is 10.1. The number of amides is 1. The van der Waals surface area contributed by atoms with Crippen LogP contribution in [0, 0.1) is 5.92 Å². The Morgan fingerprint density at radius 2 is 2.39 bits per heavy atom. The van der Waals surface area contributed by atoms with Gasteiger partial charge in [0.05, 0.1) is 6.42 Å². The summed E-state index contributed by atoms with van der Waals surface area (Å²) in [7, 11) is 1.84. The molecular weight excluding hydrogens is 226 g/mol. The predicted molar refractivity (Wildman–Crippen MR) is 73.0 cm³/mol. The minimum Gasteiger partial charge on any atom is -0.385 e. The van der Waals surface area contributed by atoms with E-state index in [0.29, 0.717) is 6.42 Å². The van der Waals surface area contributed by atoms with Crippen LogP contribution >= 0.6 is 0 Å². The van der Waals surface area contributed by atoms with Gasteiger partial charge in [0.25, 0.3) is 0 Å². The Morgan fingerprint density at radius 1 is 1.50 bits per heavy atom. The highest BCUT2D eigenvalue weighted by Gasteiger charge is 2.23. The van der Waals surface area contributed by atoms with Crippen molar-refractivity contribution in [1.82, 2.24) is 5.32 Å². The third kappa shape index (κ3) is 2.08. The van der Waals surface area contributed by atoms with Crippen LogP contribution in [0.5, 0.6) is 0 Å². The lowest BCUT2D eigenvalue weighted by Gasteiger charge is -2.13. The maximum Gasteiger partial charge on any atom is 0.231 e. The lowest BCUT2D eigenvalue weighted by Crippen LogP contribution is -2.20. The Kier molecular flexibility index (Phi) is 2.96. The molecule has 2 N–H and O–H groups in total. The van der Waals surface area contributed by atoms with E-state index in [1.807, 2.05) is 13.1 Å². The molecule has 2 aliphatic rings. The van der Waals surface area contributed by atoms with Crippen LogP contribution in [0.4, 0.5) is 11.4 Å². The van der Waals surface area contributed by atoms with Gasteiger partial charge in [0.2, 0.25) is 5.91 Å². The van der Waals surface area contributed by atoms with Gasteiger partial charge in [0.1, 0.15) is 0 Å². The van der Waals surface area contributed by atoms with E-state index in [1.54, 1.807) is 4.90 Å². The van der Waals surface area contributed by atoms with Crippen molar-refractivity contribution in [1.29, 1.82) is 0 Å². The molecule has 0 bridgehead atoms. The summed E-state index contributed by atoms with van der Waals surface area (Å²) in [5.41, 5.74) is 3.31. The molecule has 2 aliphatic heterocycles. The molecule has 1 aromatic rings. The summed E-state index contributed by atoms with van der Waals surface area (Å²) in [6.45, 7) is 3.25. The summed E-state index contributed by atoms with van der Waals surface area (Å²) in [4.78, 5) is 13.3. The molecule has 0 saturated carbocycles. The molecule has 0 radical (unpaired) electrons. The van der Waals surface area contributed by atoms with Crippen molar-refractivity contribution in [2.45, 2.75) is 12.8 Å². The fraction of sp³-hybridized carbons (Fsp3) is 0.500. The highest BCUT2D eigenvalue weighted by molar-refractivity contribution is 6.01. The van der Waals surface area contributed by atoms with Crippen LogP contribution in [-0.2, 0) is 11.2 Å². The van der Waals surface area contributed by atoms with E-state index < -0.39 is 0 Å². The van der Waals surface area contributed by atoms with Crippen LogP contribution in [-0.4, -0.2) is 32.6 Å². The zero-order chi connectivity index (χ0) is 12.5. The third-order valence-corrected chi connectivity index (χ3v) is 3.91. The first-order valence-electron chi connectivity index (χ1n) is 6.58. The Bertz CT molecular complexity index is 466. The second-order valence-corrected chi connectivity index (χ2v) is 5.21. The van der Waals surface area contributed by atoms with Gasteiger partial charge in [-0.25, -0.2) is 0 Å². The molecule has 0 aliphatic carbocycles. The fourth-order valence-electron chi connectivity index (χ4n) is 2.73. The zero-order valence-corrected chi connectivity index (χ0v) is 10.7. The summed E-state index contributed by atoms with van der Waals surface area (Å²) in [5.74, 6) is 0.907. The first-order chi connectivity index (χ1) is 8.74. The number of carbonyl (C=O) groups is 1. The number of hydrogen-bond acceptors (Lipinski definition) is 3. The number of anilines is 2. The molecule has 3 rings (SSSR count). The number of nitrogens with one attached hydrogen (secondary N) is 2. The van der Waals surface area contributed by atoms with Crippen LogP contribution in [0.1, 0.15) is 12.0 Å². The van der Waals surface area contributed by atoms with Crippen LogP contribution in [0.3, 0.4) is 0 Å². The Labute approximate surface area is 107 Å². The lowest BCUT2D eigenvalue weighted by molar-refractivity contribution is -0.117. The molecule has 1 amide bonds. The van der Waals surface area contributed by atoms with Gasteiger partial charge >= 0.3 is 0 Å². The topological polar surface area (TPSA) is 44.4 Å². The van der Waals surface area contributed by atoms with Gasteiger partial charge < -0.3 is 15.5 Å². The van der Waals surface area contributed by atoms with Crippen molar-refractivity contribution >= 4 is 17.3 Å². The Hall–Kier alpha value is -1.55. The molecule has 96 valence electrons. The van der Waals surface area contributed by atoms with Crippen LogP contribution in [0.15, 0.2) is 18.2 Å². The molecule has 0 spiro atoms. The van der Waals surface area contributed by atoms with E-state index in [-0.39, 0.29) is 5.91 Å². The van der Waals surface area contributed by atoms with Crippen molar-refractivity contribution in [2.24, 2.45) is 5.92 Å². The smallest absolute Gasteiger partial charge is 0.231 e. The van der Waals surface area contributed by atoms with Crippen LogP contribution < -0.4 is 15.5 Å². The van der Waals surface area contributed by atoms with Crippen molar-refractivity contribution in [3.63, 3.8) is 0 Å². The van der Waals surface area contributed by atoms with E-state index in [9.17, 15) is 4.79 Å². The van der Waals surface area contributed by atoms with Gasteiger partial charge in [-0.2, -0.15) is 0 Å². The summed E-state index contributed by atoms with van der Waals surface area (Å²) >= 11 is 0. The number of benzene rings is 1. The van der Waals surface area contributed by atoms with Gasteiger partial charge in [-0.15, -0.1) is 0 Å². The van der Waals surface area contributed by atoms with E-state index in [0.717, 1.165) is 42.5 Å². The maximum atomic E-state index is 11.6. The zero-order valence-electron chi connectivity index (χ0n) is 10.7. The molecule has 1 aromatic carbocycles. The van der Waals surface area contributed by atoms with Crippen molar-refractivity contribution in [3.8, 4) is 0 Å². The highest BCUT2D eigenvalue weighted by Crippen LogP contribution is 2.30. The number of rotatable bonds is 3. The van der Waals surface area contributed by atoms with E-state index >= 15 is 0 Å². The van der Waals surface area contributed by atoms with Gasteiger partial charge in [-0.05, 0) is 49.2 Å². The van der Waals surface area contributed by atoms with E-state index in [2.05, 4.69) is 22.8 Å². The SMILES string of the molecule is CN1C(=O)Cc2cc(NCC3CCNC3)ccc21. The number of likely N-dealkylation sites (N-methyl/N-ethyl adjacent to an activating group) is 1. The average molecular weight is 245 g/mol. The molecule has 4 nitrogen and oxygen atoms in total. The first kappa shape index (κ1) is 11.5. The molecule has 2 heterocycles. The maximum absolute atomic E-state index is 11.6. The molecule has 0 aromatic heterocycles. The first-order valence-corrected chi connectivity index (χ1v) is 6.58. The van der Waals surface area contributed by atoms with Crippen LogP contribution in [0.25, 0.3) is 0 Å². The number of hydrogen-bond donors (Lipinski definition) is 2. The standard InChI is InChI=1S/C14H19N3O/c1-17-13-3-2-12(6-11(13)7-14(17)18)16-9-10-4-5-15-8-10/h2-3,6,10,15-16H,4-5,7-9H2,1H3. The van der Waals surface area contributed by atoms with Gasteiger partial charge in [0, 0.05) is 25.0 Å². The average Bonchev–Trinajstić information content (AvgIpc) is 2.97. The molecule has 1 fully saturated rings. The van der Waals surface area contributed by atoms with E-state index in [4.69, 9.17) is 0 Å². The van der Waals surface area contributed by atoms with Crippen molar-refractivity contribution in [2.75, 3.05) is 36.9 Å². The molecule has 1 atom stereocenters. The quantitative estimate of drug-likeness (QED) is 0.842. The van der Waals surface area contributed by atoms with Gasteiger partial charge in [-0.1, -0.05) is 0 Å². The van der Waals surface area contributed by atoms with Crippen molar-refractivity contribution < 1.29 is 4.79 Å². The molecule has 4 heteroatoms. The molecular formula is C14H19N3O. The fourth-order valence-corrected chi connectivity index (χ4v) is 2.73. The summed E-state index contributed by atoms with van der Waals surface area (Å²) in [5, 5.41) is 6.85. The van der Waals surface area contributed by atoms with E-state index in [1.165, 1.54) is 6.42 Å². The minimum atomic E-state index is 0.183. The largest absolute Gasteiger partial charge is 0.385 e.